The van der Waals surface area contributed by atoms with Crippen LogP contribution < -0.4 is 20.9 Å². The molecule has 0 aliphatic carbocycles. The topological polar surface area (TPSA) is 151 Å². The Hall–Kier alpha value is -6.20. The van der Waals surface area contributed by atoms with E-state index in [1.54, 1.807) is 29.7 Å². The molecule has 0 spiro atoms. The number of likely N-dealkylation sites (tertiary alicyclic amines) is 1. The van der Waals surface area contributed by atoms with Crippen molar-refractivity contribution in [2.45, 2.75) is 50.5 Å². The number of anilines is 2. The average molecular weight is 849 g/mol. The molecule has 0 bridgehead atoms. The summed E-state index contributed by atoms with van der Waals surface area (Å²) in [6.07, 6.45) is 5.82. The van der Waals surface area contributed by atoms with Gasteiger partial charge in [0.15, 0.2) is 0 Å². The van der Waals surface area contributed by atoms with E-state index < -0.39 is 6.04 Å². The highest BCUT2D eigenvalue weighted by Crippen LogP contribution is 2.31. The molecule has 318 valence electrons. The first-order chi connectivity index (χ1) is 30.3. The molecule has 3 aromatic carbocycles. The summed E-state index contributed by atoms with van der Waals surface area (Å²) in [5.41, 5.74) is 5.61. The van der Waals surface area contributed by atoms with Crippen LogP contribution in [-0.2, 0) is 32.0 Å². The summed E-state index contributed by atoms with van der Waals surface area (Å²) in [6.45, 7) is 7.10. The first-order valence-corrected chi connectivity index (χ1v) is 22.4. The molecule has 8 rings (SSSR count). The maximum absolute atomic E-state index is 13.5. The zero-order valence-electron chi connectivity index (χ0n) is 34.8. The number of nitrogens with one attached hydrogen (secondary N) is 3. The van der Waals surface area contributed by atoms with Gasteiger partial charge in [-0.1, -0.05) is 54.6 Å². The van der Waals surface area contributed by atoms with Gasteiger partial charge in [0, 0.05) is 86.0 Å². The molecule has 62 heavy (non-hydrogen) atoms. The Labute approximate surface area is 366 Å². The van der Waals surface area contributed by atoms with E-state index in [4.69, 9.17) is 5.26 Å². The molecule has 0 radical (unpaired) electrons. The van der Waals surface area contributed by atoms with Crippen molar-refractivity contribution >= 4 is 46.5 Å². The lowest BCUT2D eigenvalue weighted by molar-refractivity contribution is -0.134. The van der Waals surface area contributed by atoms with Crippen molar-refractivity contribution in [3.8, 4) is 16.5 Å². The third-order valence-electron chi connectivity index (χ3n) is 12.3. The first kappa shape index (κ1) is 42.5. The molecular formula is C49H52N8O4S. The minimum Gasteiger partial charge on any atom is -0.369 e. The Bertz CT molecular complexity index is 2360. The van der Waals surface area contributed by atoms with E-state index in [1.165, 1.54) is 0 Å². The second-order valence-corrected chi connectivity index (χ2v) is 17.6. The van der Waals surface area contributed by atoms with E-state index in [-0.39, 0.29) is 29.5 Å². The van der Waals surface area contributed by atoms with Crippen LogP contribution in [0.3, 0.4) is 0 Å². The van der Waals surface area contributed by atoms with E-state index in [2.05, 4.69) is 48.9 Å². The lowest BCUT2D eigenvalue weighted by Gasteiger charge is -2.39. The van der Waals surface area contributed by atoms with Crippen molar-refractivity contribution in [3.63, 3.8) is 0 Å². The summed E-state index contributed by atoms with van der Waals surface area (Å²) >= 11 is 1.60. The highest BCUT2D eigenvalue weighted by molar-refractivity contribution is 7.15. The van der Waals surface area contributed by atoms with Crippen molar-refractivity contribution in [1.82, 2.24) is 25.4 Å². The fraction of sp³-hybridized carbons (Fsp3) is 0.347. The van der Waals surface area contributed by atoms with Gasteiger partial charge in [-0.3, -0.25) is 29.4 Å². The number of piperazine rings is 1. The minimum atomic E-state index is -0.575. The number of piperidine rings is 2. The van der Waals surface area contributed by atoms with E-state index in [0.29, 0.717) is 49.5 Å². The molecule has 3 aliphatic rings. The third-order valence-corrected chi connectivity index (χ3v) is 13.4. The van der Waals surface area contributed by atoms with Gasteiger partial charge in [-0.05, 0) is 96.8 Å². The quantitative estimate of drug-likeness (QED) is 0.109. The maximum Gasteiger partial charge on any atom is 0.247 e. The standard InChI is InChI=1S/C49H52N8O4S/c50-31-35-8-6-34(7-9-35)20-23-51-47(38-4-2-1-3-5-38)49(61)53-44-18-12-39(32-52-44)43-17-15-41(62-43)30-46(59)57-24-21-36(22-25-57)33-55-26-28-56(29-27-55)40-13-10-37(11-14-40)42-16-19-45(58)54-48(42)60/h1-15,17-18,32,36,42,47,51H,16,19-30,33H2,(H,52,53,61)(H,54,58,60). The number of imide groups is 1. The summed E-state index contributed by atoms with van der Waals surface area (Å²) in [5, 5.41) is 17.9. The van der Waals surface area contributed by atoms with Crippen LogP contribution in [0.4, 0.5) is 11.5 Å². The van der Waals surface area contributed by atoms with Gasteiger partial charge >= 0.3 is 0 Å². The highest BCUT2D eigenvalue weighted by Gasteiger charge is 2.29. The van der Waals surface area contributed by atoms with E-state index >= 15 is 0 Å². The first-order valence-electron chi connectivity index (χ1n) is 21.6. The van der Waals surface area contributed by atoms with Gasteiger partial charge in [-0.25, -0.2) is 4.98 Å². The van der Waals surface area contributed by atoms with Crippen LogP contribution >= 0.6 is 11.3 Å². The van der Waals surface area contributed by atoms with Gasteiger partial charge < -0.3 is 20.4 Å². The molecule has 5 heterocycles. The Morgan fingerprint density at radius 2 is 1.61 bits per heavy atom. The second-order valence-electron chi connectivity index (χ2n) is 16.4. The molecule has 0 saturated carbocycles. The normalized spacial score (nSPS) is 17.9. The molecule has 3 saturated heterocycles. The summed E-state index contributed by atoms with van der Waals surface area (Å²) in [6, 6.07) is 34.7. The molecule has 4 amide bonds. The summed E-state index contributed by atoms with van der Waals surface area (Å²) in [4.78, 5) is 64.4. The number of benzene rings is 3. The summed E-state index contributed by atoms with van der Waals surface area (Å²) in [7, 11) is 0. The van der Waals surface area contributed by atoms with Crippen molar-refractivity contribution in [2.75, 3.05) is 62.6 Å². The van der Waals surface area contributed by atoms with Crippen molar-refractivity contribution in [1.29, 1.82) is 5.26 Å². The predicted molar refractivity (Wildman–Crippen MR) is 241 cm³/mol. The molecule has 5 aromatic rings. The molecular weight excluding hydrogens is 797 g/mol. The Kier molecular flexibility index (Phi) is 13.8. The van der Waals surface area contributed by atoms with Crippen LogP contribution in [0, 0.1) is 17.2 Å². The van der Waals surface area contributed by atoms with Crippen LogP contribution in [0.1, 0.15) is 64.8 Å². The Morgan fingerprint density at radius 1 is 0.855 bits per heavy atom. The van der Waals surface area contributed by atoms with Crippen LogP contribution in [0.5, 0.6) is 0 Å². The van der Waals surface area contributed by atoms with Gasteiger partial charge in [0.1, 0.15) is 11.9 Å². The van der Waals surface area contributed by atoms with E-state index in [9.17, 15) is 19.2 Å². The molecule has 12 nitrogen and oxygen atoms in total. The largest absolute Gasteiger partial charge is 0.369 e. The number of rotatable bonds is 14. The van der Waals surface area contributed by atoms with Crippen LogP contribution in [0.15, 0.2) is 109 Å². The van der Waals surface area contributed by atoms with Crippen LogP contribution in [0.2, 0.25) is 0 Å². The smallest absolute Gasteiger partial charge is 0.247 e. The highest BCUT2D eigenvalue weighted by atomic mass is 32.1. The fourth-order valence-electron chi connectivity index (χ4n) is 8.66. The maximum atomic E-state index is 13.5. The monoisotopic (exact) mass is 848 g/mol. The molecule has 3 N–H and O–H groups in total. The number of hydrogen-bond acceptors (Lipinski definition) is 10. The third kappa shape index (κ3) is 10.8. The van der Waals surface area contributed by atoms with Crippen LogP contribution in [0.25, 0.3) is 10.4 Å². The summed E-state index contributed by atoms with van der Waals surface area (Å²) < 4.78 is 0. The number of carbonyl (C=O) groups excluding carboxylic acids is 4. The van der Waals surface area contributed by atoms with E-state index in [1.807, 2.05) is 83.8 Å². The molecule has 3 fully saturated rings. The zero-order valence-corrected chi connectivity index (χ0v) is 35.6. The van der Waals surface area contributed by atoms with Crippen molar-refractivity contribution in [3.05, 3.63) is 136 Å². The SMILES string of the molecule is N#Cc1ccc(CCNC(C(=O)Nc2ccc(-c3ccc(CC(=O)N4CCC(CN5CCN(c6ccc(C7CCC(=O)NC7=O)cc6)CC5)CC4)s3)cn2)c2ccccc2)cc1. The summed E-state index contributed by atoms with van der Waals surface area (Å²) in [5.74, 6) is 0.353. The Balaban J connectivity index is 0.761. The number of hydrogen-bond donors (Lipinski definition) is 3. The van der Waals surface area contributed by atoms with Crippen LogP contribution in [-0.4, -0.2) is 90.8 Å². The molecule has 13 heteroatoms. The number of nitriles is 1. The molecule has 2 atom stereocenters. The van der Waals surface area contributed by atoms with Gasteiger partial charge in [-0.15, -0.1) is 11.3 Å². The number of aromatic nitrogens is 1. The van der Waals surface area contributed by atoms with Gasteiger partial charge in [-0.2, -0.15) is 5.26 Å². The van der Waals surface area contributed by atoms with Gasteiger partial charge in [0.05, 0.1) is 24.0 Å². The number of pyridine rings is 1. The second kappa shape index (κ2) is 20.1. The molecule has 2 aromatic heterocycles. The van der Waals surface area contributed by atoms with Gasteiger partial charge in [0.2, 0.25) is 23.6 Å². The molecule has 2 unspecified atom stereocenters. The minimum absolute atomic E-state index is 0.170. The van der Waals surface area contributed by atoms with E-state index in [0.717, 1.165) is 96.4 Å². The zero-order chi connectivity index (χ0) is 42.8. The lowest BCUT2D eigenvalue weighted by atomic mass is 9.90. The van der Waals surface area contributed by atoms with Gasteiger partial charge in [0.25, 0.3) is 0 Å². The number of amides is 4. The number of thiophene rings is 1. The number of nitrogens with zero attached hydrogens (tertiary/aromatic N) is 5. The fourth-order valence-corrected chi connectivity index (χ4v) is 9.65. The lowest BCUT2D eigenvalue weighted by Crippen LogP contribution is -2.49. The predicted octanol–water partition coefficient (Wildman–Crippen LogP) is 6.32. The van der Waals surface area contributed by atoms with Crippen molar-refractivity contribution < 1.29 is 19.2 Å². The number of carbonyl (C=O) groups is 4. The molecule has 3 aliphatic heterocycles. The van der Waals surface area contributed by atoms with Crippen molar-refractivity contribution in [2.24, 2.45) is 5.92 Å². The average Bonchev–Trinajstić information content (AvgIpc) is 3.77. The Morgan fingerprint density at radius 3 is 2.31 bits per heavy atom.